The van der Waals surface area contributed by atoms with Gasteiger partial charge in [-0.2, -0.15) is 0 Å². The van der Waals surface area contributed by atoms with E-state index in [0.29, 0.717) is 6.61 Å². The number of pyridine rings is 1. The van der Waals surface area contributed by atoms with Crippen LogP contribution in [0.25, 0.3) is 18.2 Å². The Morgan fingerprint density at radius 2 is 1.72 bits per heavy atom. The van der Waals surface area contributed by atoms with Gasteiger partial charge >= 0.3 is 0 Å². The highest BCUT2D eigenvalue weighted by Gasteiger charge is 1.97. The topological polar surface area (TPSA) is 39.2 Å². The van der Waals surface area contributed by atoms with Crippen LogP contribution < -0.4 is 0 Å². The summed E-state index contributed by atoms with van der Waals surface area (Å²) in [6.07, 6.45) is 14.4. The number of carbonyl (C=O) groups is 1. The normalized spacial score (nSPS) is 11.4. The molecular weight excluding hydrogens is 310 g/mol. The summed E-state index contributed by atoms with van der Waals surface area (Å²) in [5, 5.41) is 0. The predicted octanol–water partition coefficient (Wildman–Crippen LogP) is 5.04. The molecule has 0 N–H and O–H groups in total. The SMILES string of the molecule is CCCCCOCC(=O)C=Cc1ccc(C=Cc2cccnc2)cc1. The standard InChI is InChI=1S/C22H25NO2/c1-2-3-4-16-25-18-22(24)14-13-20-9-7-19(8-10-20)11-12-21-6-5-15-23-17-21/h5-15,17H,2-4,16,18H2,1H3. The molecule has 0 spiro atoms. The molecule has 25 heavy (non-hydrogen) atoms. The Kier molecular flexibility index (Phi) is 8.36. The molecule has 0 amide bonds. The van der Waals surface area contributed by atoms with Gasteiger partial charge in [-0.15, -0.1) is 0 Å². The van der Waals surface area contributed by atoms with Crippen molar-refractivity contribution < 1.29 is 9.53 Å². The number of ether oxygens (including phenoxy) is 1. The Morgan fingerprint density at radius 3 is 2.40 bits per heavy atom. The van der Waals surface area contributed by atoms with Crippen molar-refractivity contribution in [2.45, 2.75) is 26.2 Å². The van der Waals surface area contributed by atoms with E-state index in [1.54, 1.807) is 12.3 Å². The van der Waals surface area contributed by atoms with Crippen LogP contribution in [0.2, 0.25) is 0 Å². The molecule has 0 radical (unpaired) electrons. The second-order valence-corrected chi connectivity index (χ2v) is 5.85. The van der Waals surface area contributed by atoms with E-state index in [1.165, 1.54) is 0 Å². The summed E-state index contributed by atoms with van der Waals surface area (Å²) in [5.74, 6) is -0.00273. The maximum Gasteiger partial charge on any atom is 0.181 e. The summed E-state index contributed by atoms with van der Waals surface area (Å²) >= 11 is 0. The van der Waals surface area contributed by atoms with Gasteiger partial charge in [0.2, 0.25) is 0 Å². The zero-order valence-corrected chi connectivity index (χ0v) is 14.7. The summed E-state index contributed by atoms with van der Waals surface area (Å²) in [4.78, 5) is 15.8. The number of ketones is 1. The first kappa shape index (κ1) is 18.8. The van der Waals surface area contributed by atoms with Crippen LogP contribution in [-0.4, -0.2) is 24.0 Å². The van der Waals surface area contributed by atoms with Crippen molar-refractivity contribution >= 4 is 24.0 Å². The maximum atomic E-state index is 11.7. The second kappa shape index (κ2) is 11.1. The van der Waals surface area contributed by atoms with Gasteiger partial charge in [-0.25, -0.2) is 0 Å². The fourth-order valence-corrected chi connectivity index (χ4v) is 2.25. The third-order valence-corrected chi connectivity index (χ3v) is 3.69. The van der Waals surface area contributed by atoms with Crippen molar-refractivity contribution in [3.63, 3.8) is 0 Å². The number of hydrogen-bond donors (Lipinski definition) is 0. The van der Waals surface area contributed by atoms with Crippen LogP contribution in [0.3, 0.4) is 0 Å². The fraction of sp³-hybridized carbons (Fsp3) is 0.273. The Balaban J connectivity index is 1.79. The molecule has 1 aromatic heterocycles. The third-order valence-electron chi connectivity index (χ3n) is 3.69. The lowest BCUT2D eigenvalue weighted by molar-refractivity contribution is -0.118. The van der Waals surface area contributed by atoms with E-state index in [1.807, 2.05) is 60.8 Å². The lowest BCUT2D eigenvalue weighted by Gasteiger charge is -2.00. The molecule has 0 aliphatic heterocycles. The van der Waals surface area contributed by atoms with Crippen LogP contribution in [0.4, 0.5) is 0 Å². The highest BCUT2D eigenvalue weighted by atomic mass is 16.5. The van der Waals surface area contributed by atoms with Gasteiger partial charge in [-0.3, -0.25) is 9.78 Å². The van der Waals surface area contributed by atoms with E-state index in [4.69, 9.17) is 4.74 Å². The van der Waals surface area contributed by atoms with E-state index < -0.39 is 0 Å². The Labute approximate surface area is 150 Å². The number of rotatable bonds is 10. The summed E-state index contributed by atoms with van der Waals surface area (Å²) < 4.78 is 5.36. The summed E-state index contributed by atoms with van der Waals surface area (Å²) in [7, 11) is 0. The number of aromatic nitrogens is 1. The molecule has 2 rings (SSSR count). The molecule has 0 aliphatic rings. The quantitative estimate of drug-likeness (QED) is 0.451. The monoisotopic (exact) mass is 335 g/mol. The average molecular weight is 335 g/mol. The minimum atomic E-state index is -0.00273. The highest BCUT2D eigenvalue weighted by Crippen LogP contribution is 2.10. The van der Waals surface area contributed by atoms with E-state index in [2.05, 4.69) is 11.9 Å². The molecule has 1 aromatic carbocycles. The van der Waals surface area contributed by atoms with Crippen molar-refractivity contribution in [1.82, 2.24) is 4.98 Å². The number of nitrogens with zero attached hydrogens (tertiary/aromatic N) is 1. The third kappa shape index (κ3) is 7.73. The molecule has 0 saturated carbocycles. The van der Waals surface area contributed by atoms with Crippen molar-refractivity contribution in [3.05, 3.63) is 71.6 Å². The van der Waals surface area contributed by atoms with E-state index in [-0.39, 0.29) is 12.4 Å². The van der Waals surface area contributed by atoms with Crippen LogP contribution >= 0.6 is 0 Å². The van der Waals surface area contributed by atoms with Gasteiger partial charge in [0.25, 0.3) is 0 Å². The van der Waals surface area contributed by atoms with Crippen molar-refractivity contribution in [3.8, 4) is 0 Å². The maximum absolute atomic E-state index is 11.7. The first-order valence-corrected chi connectivity index (χ1v) is 8.75. The van der Waals surface area contributed by atoms with Gasteiger partial charge < -0.3 is 4.74 Å². The highest BCUT2D eigenvalue weighted by molar-refractivity contribution is 5.94. The Morgan fingerprint density at radius 1 is 1.00 bits per heavy atom. The molecule has 0 aliphatic carbocycles. The van der Waals surface area contributed by atoms with Crippen molar-refractivity contribution in [1.29, 1.82) is 0 Å². The molecule has 3 nitrogen and oxygen atoms in total. The molecule has 1 heterocycles. The molecule has 0 atom stereocenters. The minimum absolute atomic E-state index is 0.00273. The lowest BCUT2D eigenvalue weighted by atomic mass is 10.1. The number of benzene rings is 1. The van der Waals surface area contributed by atoms with E-state index in [0.717, 1.165) is 36.0 Å². The van der Waals surface area contributed by atoms with Crippen LogP contribution in [-0.2, 0) is 9.53 Å². The minimum Gasteiger partial charge on any atom is -0.373 e. The Hall–Kier alpha value is -2.52. The van der Waals surface area contributed by atoms with Crippen LogP contribution in [0.5, 0.6) is 0 Å². The number of carbonyl (C=O) groups excluding carboxylic acids is 1. The van der Waals surface area contributed by atoms with Gasteiger partial charge in [0.1, 0.15) is 6.61 Å². The molecule has 0 saturated heterocycles. The number of unbranched alkanes of at least 4 members (excludes halogenated alkanes) is 2. The fourth-order valence-electron chi connectivity index (χ4n) is 2.25. The lowest BCUT2D eigenvalue weighted by Crippen LogP contribution is -2.06. The smallest absolute Gasteiger partial charge is 0.181 e. The van der Waals surface area contributed by atoms with E-state index in [9.17, 15) is 4.79 Å². The van der Waals surface area contributed by atoms with Crippen LogP contribution in [0.15, 0.2) is 54.9 Å². The summed E-state index contributed by atoms with van der Waals surface area (Å²) in [6.45, 7) is 2.96. The van der Waals surface area contributed by atoms with Gasteiger partial charge in [0.15, 0.2) is 5.78 Å². The molecule has 3 heteroatoms. The van der Waals surface area contributed by atoms with Crippen LogP contribution in [0, 0.1) is 0 Å². The molecular formula is C22H25NO2. The van der Waals surface area contributed by atoms with Crippen molar-refractivity contribution in [2.75, 3.05) is 13.2 Å². The van der Waals surface area contributed by atoms with Crippen LogP contribution in [0.1, 0.15) is 42.9 Å². The van der Waals surface area contributed by atoms with Gasteiger partial charge in [-0.05, 0) is 35.3 Å². The molecule has 0 fully saturated rings. The van der Waals surface area contributed by atoms with Gasteiger partial charge in [0.05, 0.1) is 0 Å². The zero-order valence-electron chi connectivity index (χ0n) is 14.7. The van der Waals surface area contributed by atoms with E-state index >= 15 is 0 Å². The molecule has 2 aromatic rings. The van der Waals surface area contributed by atoms with Crippen molar-refractivity contribution in [2.24, 2.45) is 0 Å². The number of hydrogen-bond acceptors (Lipinski definition) is 3. The first-order chi connectivity index (χ1) is 12.3. The summed E-state index contributed by atoms with van der Waals surface area (Å²) in [5.41, 5.74) is 3.17. The first-order valence-electron chi connectivity index (χ1n) is 8.75. The summed E-state index contributed by atoms with van der Waals surface area (Å²) in [6, 6.07) is 12.0. The average Bonchev–Trinajstić information content (AvgIpc) is 2.66. The largest absolute Gasteiger partial charge is 0.373 e. The molecule has 0 bridgehead atoms. The molecule has 130 valence electrons. The second-order valence-electron chi connectivity index (χ2n) is 5.85. The zero-order chi connectivity index (χ0) is 17.7. The van der Waals surface area contributed by atoms with Gasteiger partial charge in [0, 0.05) is 19.0 Å². The Bertz CT molecular complexity index is 688. The molecule has 0 unspecified atom stereocenters. The van der Waals surface area contributed by atoms with Gasteiger partial charge in [-0.1, -0.05) is 68.3 Å². The predicted molar refractivity (Wildman–Crippen MR) is 104 cm³/mol.